The lowest BCUT2D eigenvalue weighted by Crippen LogP contribution is -2.23. The summed E-state index contributed by atoms with van der Waals surface area (Å²) in [6.45, 7) is 1.71. The number of hydrogen-bond donors (Lipinski definition) is 1. The molecule has 5 heteroatoms. The van der Waals surface area contributed by atoms with E-state index in [4.69, 9.17) is 27.7 Å². The van der Waals surface area contributed by atoms with Crippen LogP contribution in [0.3, 0.4) is 0 Å². The Hall–Kier alpha value is -1.03. The standard InChI is InChI=1S/C12H10Cl2N2O/c13-7-1-2-8(10(14)5-7)12-9-6-15-4-3-11(9)16-17-12/h1-2,5,15H,3-4,6H2. The molecule has 88 valence electrons. The highest BCUT2D eigenvalue weighted by Gasteiger charge is 2.21. The summed E-state index contributed by atoms with van der Waals surface area (Å²) in [4.78, 5) is 0. The van der Waals surface area contributed by atoms with Crippen LogP contribution in [0.4, 0.5) is 0 Å². The lowest BCUT2D eigenvalue weighted by atomic mass is 10.0. The lowest BCUT2D eigenvalue weighted by Gasteiger charge is -2.11. The maximum atomic E-state index is 6.17. The molecule has 0 amide bonds. The van der Waals surface area contributed by atoms with Crippen LogP contribution in [0.25, 0.3) is 11.3 Å². The van der Waals surface area contributed by atoms with Crippen LogP contribution in [-0.4, -0.2) is 11.7 Å². The molecule has 0 radical (unpaired) electrons. The van der Waals surface area contributed by atoms with E-state index in [1.807, 2.05) is 6.07 Å². The topological polar surface area (TPSA) is 38.1 Å². The Balaban J connectivity index is 2.12. The Kier molecular flexibility index (Phi) is 2.82. The molecule has 3 rings (SSSR count). The van der Waals surface area contributed by atoms with Crippen molar-refractivity contribution in [3.05, 3.63) is 39.5 Å². The average molecular weight is 269 g/mol. The summed E-state index contributed by atoms with van der Waals surface area (Å²) in [6, 6.07) is 5.37. The van der Waals surface area contributed by atoms with Crippen LogP contribution >= 0.6 is 23.2 Å². The second kappa shape index (κ2) is 4.33. The summed E-state index contributed by atoms with van der Waals surface area (Å²) < 4.78 is 5.41. The fourth-order valence-corrected chi connectivity index (χ4v) is 2.52. The van der Waals surface area contributed by atoms with Crippen molar-refractivity contribution in [1.29, 1.82) is 0 Å². The van der Waals surface area contributed by atoms with Gasteiger partial charge in [-0.3, -0.25) is 0 Å². The summed E-state index contributed by atoms with van der Waals surface area (Å²) in [5, 5.41) is 8.59. The van der Waals surface area contributed by atoms with Crippen molar-refractivity contribution in [3.63, 3.8) is 0 Å². The van der Waals surface area contributed by atoms with E-state index in [0.29, 0.717) is 10.0 Å². The van der Waals surface area contributed by atoms with Crippen LogP contribution in [0.2, 0.25) is 10.0 Å². The minimum atomic E-state index is 0.585. The van der Waals surface area contributed by atoms with Gasteiger partial charge in [-0.1, -0.05) is 28.4 Å². The Bertz CT molecular complexity index is 566. The second-order valence-electron chi connectivity index (χ2n) is 3.99. The first kappa shape index (κ1) is 11.1. The maximum absolute atomic E-state index is 6.17. The lowest BCUT2D eigenvalue weighted by molar-refractivity contribution is 0.423. The molecule has 1 aliphatic rings. The second-order valence-corrected chi connectivity index (χ2v) is 4.83. The Morgan fingerprint density at radius 2 is 2.18 bits per heavy atom. The third-order valence-electron chi connectivity index (χ3n) is 2.89. The number of aromatic nitrogens is 1. The van der Waals surface area contributed by atoms with Gasteiger partial charge in [0.1, 0.15) is 0 Å². The van der Waals surface area contributed by atoms with Crippen LogP contribution in [0.1, 0.15) is 11.3 Å². The molecule has 0 spiro atoms. The highest BCUT2D eigenvalue weighted by molar-refractivity contribution is 6.36. The molecule has 1 aromatic heterocycles. The normalized spacial score (nSPS) is 14.7. The number of fused-ring (bicyclic) bond motifs is 1. The number of benzene rings is 1. The van der Waals surface area contributed by atoms with Crippen molar-refractivity contribution in [1.82, 2.24) is 10.5 Å². The summed E-state index contributed by atoms with van der Waals surface area (Å²) >= 11 is 12.0. The number of rotatable bonds is 1. The van der Waals surface area contributed by atoms with E-state index in [9.17, 15) is 0 Å². The number of halogens is 2. The highest BCUT2D eigenvalue weighted by Crippen LogP contribution is 2.34. The molecule has 0 aliphatic carbocycles. The molecule has 0 bridgehead atoms. The molecular formula is C12H10Cl2N2O. The summed E-state index contributed by atoms with van der Waals surface area (Å²) in [7, 11) is 0. The van der Waals surface area contributed by atoms with Crippen LogP contribution in [0.5, 0.6) is 0 Å². The van der Waals surface area contributed by atoms with Crippen molar-refractivity contribution >= 4 is 23.2 Å². The van der Waals surface area contributed by atoms with Crippen molar-refractivity contribution in [3.8, 4) is 11.3 Å². The van der Waals surface area contributed by atoms with Crippen molar-refractivity contribution in [2.75, 3.05) is 6.54 Å². The van der Waals surface area contributed by atoms with Crippen molar-refractivity contribution in [2.24, 2.45) is 0 Å². The predicted molar refractivity (Wildman–Crippen MR) is 67.4 cm³/mol. The Morgan fingerprint density at radius 1 is 1.29 bits per heavy atom. The fourth-order valence-electron chi connectivity index (χ4n) is 2.03. The molecule has 0 fully saturated rings. The van der Waals surface area contributed by atoms with Gasteiger partial charge in [-0.25, -0.2) is 0 Å². The first-order valence-electron chi connectivity index (χ1n) is 5.39. The number of nitrogens with zero attached hydrogens (tertiary/aromatic N) is 1. The van der Waals surface area contributed by atoms with E-state index in [1.54, 1.807) is 12.1 Å². The molecule has 3 nitrogen and oxygen atoms in total. The summed E-state index contributed by atoms with van der Waals surface area (Å²) in [6.07, 6.45) is 0.893. The molecule has 0 unspecified atom stereocenters. The Morgan fingerprint density at radius 3 is 3.00 bits per heavy atom. The van der Waals surface area contributed by atoms with Gasteiger partial charge in [-0.05, 0) is 18.2 Å². The third kappa shape index (κ3) is 1.95. The third-order valence-corrected chi connectivity index (χ3v) is 3.43. The van der Waals surface area contributed by atoms with E-state index < -0.39 is 0 Å². The monoisotopic (exact) mass is 268 g/mol. The fraction of sp³-hybridized carbons (Fsp3) is 0.250. The molecule has 1 aromatic carbocycles. The van der Waals surface area contributed by atoms with Gasteiger partial charge in [0.25, 0.3) is 0 Å². The van der Waals surface area contributed by atoms with E-state index in [0.717, 1.165) is 42.1 Å². The minimum absolute atomic E-state index is 0.585. The zero-order chi connectivity index (χ0) is 11.8. The quantitative estimate of drug-likeness (QED) is 0.863. The van der Waals surface area contributed by atoms with E-state index >= 15 is 0 Å². The van der Waals surface area contributed by atoms with Crippen LogP contribution < -0.4 is 5.32 Å². The van der Waals surface area contributed by atoms with Gasteiger partial charge in [0.15, 0.2) is 5.76 Å². The molecule has 1 aliphatic heterocycles. The van der Waals surface area contributed by atoms with Gasteiger partial charge < -0.3 is 9.84 Å². The van der Waals surface area contributed by atoms with Crippen molar-refractivity contribution in [2.45, 2.75) is 13.0 Å². The first-order valence-corrected chi connectivity index (χ1v) is 6.15. The summed E-state index contributed by atoms with van der Waals surface area (Å²) in [5.41, 5.74) is 2.96. The van der Waals surface area contributed by atoms with Gasteiger partial charge in [0.05, 0.1) is 10.7 Å². The highest BCUT2D eigenvalue weighted by atomic mass is 35.5. The van der Waals surface area contributed by atoms with Gasteiger partial charge in [-0.15, -0.1) is 0 Å². The van der Waals surface area contributed by atoms with Crippen LogP contribution in [0.15, 0.2) is 22.7 Å². The summed E-state index contributed by atoms with van der Waals surface area (Å²) in [5.74, 6) is 0.744. The molecule has 0 saturated heterocycles. The zero-order valence-corrected chi connectivity index (χ0v) is 10.5. The smallest absolute Gasteiger partial charge is 0.173 e. The minimum Gasteiger partial charge on any atom is -0.356 e. The van der Waals surface area contributed by atoms with Gasteiger partial charge in [0, 0.05) is 35.7 Å². The molecule has 0 saturated carbocycles. The zero-order valence-electron chi connectivity index (χ0n) is 8.96. The molecular weight excluding hydrogens is 259 g/mol. The SMILES string of the molecule is Clc1ccc(-c2onc3c2CNCC3)c(Cl)c1. The number of hydrogen-bond acceptors (Lipinski definition) is 3. The van der Waals surface area contributed by atoms with E-state index in [-0.39, 0.29) is 0 Å². The Labute approximate surface area is 109 Å². The van der Waals surface area contributed by atoms with E-state index in [1.165, 1.54) is 0 Å². The van der Waals surface area contributed by atoms with E-state index in [2.05, 4.69) is 10.5 Å². The number of nitrogens with one attached hydrogen (secondary N) is 1. The van der Waals surface area contributed by atoms with Crippen molar-refractivity contribution < 1.29 is 4.52 Å². The van der Waals surface area contributed by atoms with Gasteiger partial charge >= 0.3 is 0 Å². The molecule has 0 atom stereocenters. The van der Waals surface area contributed by atoms with Crippen LogP contribution in [0, 0.1) is 0 Å². The first-order chi connectivity index (χ1) is 8.25. The largest absolute Gasteiger partial charge is 0.356 e. The average Bonchev–Trinajstić information content (AvgIpc) is 2.73. The molecule has 1 N–H and O–H groups in total. The van der Waals surface area contributed by atoms with Gasteiger partial charge in [-0.2, -0.15) is 0 Å². The molecule has 17 heavy (non-hydrogen) atoms. The van der Waals surface area contributed by atoms with Gasteiger partial charge in [0.2, 0.25) is 0 Å². The molecule has 2 heterocycles. The maximum Gasteiger partial charge on any atom is 0.173 e. The predicted octanol–water partition coefficient (Wildman–Crippen LogP) is 3.29. The van der Waals surface area contributed by atoms with Crippen LogP contribution in [-0.2, 0) is 13.0 Å². The molecule has 2 aromatic rings.